The Labute approximate surface area is 145 Å². The van der Waals surface area contributed by atoms with Crippen molar-refractivity contribution in [3.63, 3.8) is 0 Å². The molecule has 0 radical (unpaired) electrons. The molecule has 0 spiro atoms. The normalized spacial score (nSPS) is 11.2. The van der Waals surface area contributed by atoms with E-state index in [1.165, 1.54) is 11.6 Å². The summed E-state index contributed by atoms with van der Waals surface area (Å²) in [6.07, 6.45) is 7.97. The number of benzene rings is 1. The number of nitrogens with one attached hydrogen (secondary N) is 1. The SMILES string of the molecule is Cc1ccn2cc(CCNC(=O)/C=C/c3ccc(Cl)cc3)nc2c1. The molecule has 1 N–H and O–H groups in total. The Balaban J connectivity index is 1.51. The molecule has 0 saturated carbocycles. The van der Waals surface area contributed by atoms with E-state index in [2.05, 4.69) is 10.3 Å². The van der Waals surface area contributed by atoms with Crippen molar-refractivity contribution in [3.8, 4) is 0 Å². The number of aromatic nitrogens is 2. The Morgan fingerprint density at radius 2 is 2.08 bits per heavy atom. The van der Waals surface area contributed by atoms with Gasteiger partial charge in [-0.15, -0.1) is 0 Å². The standard InChI is InChI=1S/C19H18ClN3O/c1-14-9-11-23-13-17(22-18(23)12-14)8-10-21-19(24)7-4-15-2-5-16(20)6-3-15/h2-7,9,11-13H,8,10H2,1H3,(H,21,24)/b7-4+. The molecule has 0 aliphatic rings. The molecule has 24 heavy (non-hydrogen) atoms. The molecule has 2 heterocycles. The minimum atomic E-state index is -0.121. The third-order valence-corrected chi connectivity index (χ3v) is 3.90. The topological polar surface area (TPSA) is 46.4 Å². The van der Waals surface area contributed by atoms with E-state index in [1.54, 1.807) is 18.2 Å². The molecular weight excluding hydrogens is 322 g/mol. The van der Waals surface area contributed by atoms with Crippen LogP contribution in [0.3, 0.4) is 0 Å². The predicted octanol–water partition coefficient (Wildman–Crippen LogP) is 3.67. The molecule has 0 aliphatic carbocycles. The summed E-state index contributed by atoms with van der Waals surface area (Å²) < 4.78 is 1.99. The number of carbonyl (C=O) groups is 1. The second kappa shape index (κ2) is 7.32. The van der Waals surface area contributed by atoms with Crippen LogP contribution in [0.5, 0.6) is 0 Å². The number of carbonyl (C=O) groups excluding carboxylic acids is 1. The molecule has 0 aliphatic heterocycles. The van der Waals surface area contributed by atoms with Gasteiger partial charge in [0.25, 0.3) is 0 Å². The number of aryl methyl sites for hydroxylation is 1. The van der Waals surface area contributed by atoms with E-state index >= 15 is 0 Å². The highest BCUT2D eigenvalue weighted by atomic mass is 35.5. The van der Waals surface area contributed by atoms with Crippen LogP contribution in [-0.2, 0) is 11.2 Å². The number of pyridine rings is 1. The lowest BCUT2D eigenvalue weighted by Crippen LogP contribution is -2.23. The molecule has 1 amide bonds. The van der Waals surface area contributed by atoms with Crippen LogP contribution in [0.1, 0.15) is 16.8 Å². The quantitative estimate of drug-likeness (QED) is 0.721. The molecule has 122 valence electrons. The molecule has 0 unspecified atom stereocenters. The zero-order valence-electron chi connectivity index (χ0n) is 13.4. The van der Waals surface area contributed by atoms with Crippen LogP contribution in [0.15, 0.2) is 54.9 Å². The number of nitrogens with zero attached hydrogens (tertiary/aromatic N) is 2. The van der Waals surface area contributed by atoms with E-state index in [0.29, 0.717) is 18.0 Å². The number of hydrogen-bond acceptors (Lipinski definition) is 2. The van der Waals surface area contributed by atoms with Crippen molar-refractivity contribution >= 4 is 29.2 Å². The van der Waals surface area contributed by atoms with Gasteiger partial charge in [0.2, 0.25) is 5.91 Å². The fourth-order valence-electron chi connectivity index (χ4n) is 2.38. The van der Waals surface area contributed by atoms with Crippen molar-refractivity contribution in [2.24, 2.45) is 0 Å². The van der Waals surface area contributed by atoms with Gasteiger partial charge in [-0.2, -0.15) is 0 Å². The van der Waals surface area contributed by atoms with Gasteiger partial charge in [-0.25, -0.2) is 4.98 Å². The molecule has 3 aromatic rings. The Morgan fingerprint density at radius 1 is 1.29 bits per heavy atom. The highest BCUT2D eigenvalue weighted by Gasteiger charge is 2.02. The molecule has 4 nitrogen and oxygen atoms in total. The zero-order chi connectivity index (χ0) is 16.9. The first-order valence-corrected chi connectivity index (χ1v) is 8.14. The summed E-state index contributed by atoms with van der Waals surface area (Å²) in [5, 5.41) is 3.55. The van der Waals surface area contributed by atoms with Gasteiger partial charge < -0.3 is 9.72 Å². The maximum Gasteiger partial charge on any atom is 0.244 e. The van der Waals surface area contributed by atoms with Gasteiger partial charge in [0.15, 0.2) is 0 Å². The van der Waals surface area contributed by atoms with Crippen LogP contribution in [0.2, 0.25) is 5.02 Å². The smallest absolute Gasteiger partial charge is 0.244 e. The summed E-state index contributed by atoms with van der Waals surface area (Å²) in [5.41, 5.74) is 4.01. The average molecular weight is 340 g/mol. The number of amides is 1. The zero-order valence-corrected chi connectivity index (χ0v) is 14.1. The summed E-state index contributed by atoms with van der Waals surface area (Å²) in [6, 6.07) is 11.4. The van der Waals surface area contributed by atoms with Crippen LogP contribution in [-0.4, -0.2) is 21.8 Å². The van der Waals surface area contributed by atoms with Crippen molar-refractivity contribution in [3.05, 3.63) is 76.7 Å². The van der Waals surface area contributed by atoms with E-state index in [4.69, 9.17) is 11.6 Å². The average Bonchev–Trinajstić information content (AvgIpc) is 2.96. The summed E-state index contributed by atoms with van der Waals surface area (Å²) in [7, 11) is 0. The van der Waals surface area contributed by atoms with E-state index in [-0.39, 0.29) is 5.91 Å². The monoisotopic (exact) mass is 339 g/mol. The van der Waals surface area contributed by atoms with Crippen molar-refractivity contribution in [1.82, 2.24) is 14.7 Å². The van der Waals surface area contributed by atoms with Gasteiger partial charge in [-0.1, -0.05) is 23.7 Å². The molecule has 0 bridgehead atoms. The van der Waals surface area contributed by atoms with E-state index < -0.39 is 0 Å². The van der Waals surface area contributed by atoms with Gasteiger partial charge in [0.05, 0.1) is 5.69 Å². The molecule has 1 aromatic carbocycles. The number of imidazole rings is 1. The molecule has 0 fully saturated rings. The molecule has 5 heteroatoms. The maximum atomic E-state index is 11.8. The highest BCUT2D eigenvalue weighted by molar-refractivity contribution is 6.30. The molecule has 3 rings (SSSR count). The second-order valence-electron chi connectivity index (χ2n) is 5.63. The Bertz CT molecular complexity index is 881. The molecule has 2 aromatic heterocycles. The number of hydrogen-bond donors (Lipinski definition) is 1. The lowest BCUT2D eigenvalue weighted by atomic mass is 10.2. The van der Waals surface area contributed by atoms with Gasteiger partial charge in [0, 0.05) is 36.5 Å². The summed E-state index contributed by atoms with van der Waals surface area (Å²) >= 11 is 5.83. The van der Waals surface area contributed by atoms with Gasteiger partial charge in [-0.05, 0) is 48.4 Å². The highest BCUT2D eigenvalue weighted by Crippen LogP contribution is 2.10. The van der Waals surface area contributed by atoms with E-state index in [9.17, 15) is 4.79 Å². The Hall–Kier alpha value is -2.59. The van der Waals surface area contributed by atoms with Crippen molar-refractivity contribution in [2.75, 3.05) is 6.54 Å². The summed E-state index contributed by atoms with van der Waals surface area (Å²) in [5.74, 6) is -0.121. The largest absolute Gasteiger partial charge is 0.352 e. The minimum Gasteiger partial charge on any atom is -0.352 e. The van der Waals surface area contributed by atoms with E-state index in [0.717, 1.165) is 16.9 Å². The van der Waals surface area contributed by atoms with Gasteiger partial charge in [-0.3, -0.25) is 4.79 Å². The van der Waals surface area contributed by atoms with Gasteiger partial charge in [0.1, 0.15) is 5.65 Å². The Kier molecular flexibility index (Phi) is 4.96. The lowest BCUT2D eigenvalue weighted by Gasteiger charge is -1.99. The number of fused-ring (bicyclic) bond motifs is 1. The third-order valence-electron chi connectivity index (χ3n) is 3.64. The van der Waals surface area contributed by atoms with Crippen LogP contribution in [0.25, 0.3) is 11.7 Å². The number of rotatable bonds is 5. The van der Waals surface area contributed by atoms with E-state index in [1.807, 2.05) is 48.0 Å². The summed E-state index contributed by atoms with van der Waals surface area (Å²) in [6.45, 7) is 2.59. The number of halogens is 1. The first-order chi connectivity index (χ1) is 11.6. The fourth-order valence-corrected chi connectivity index (χ4v) is 2.50. The molecule has 0 saturated heterocycles. The third kappa shape index (κ3) is 4.24. The summed E-state index contributed by atoms with van der Waals surface area (Å²) in [4.78, 5) is 16.4. The van der Waals surface area contributed by atoms with Crippen molar-refractivity contribution in [2.45, 2.75) is 13.3 Å². The lowest BCUT2D eigenvalue weighted by molar-refractivity contribution is -0.116. The maximum absolute atomic E-state index is 11.8. The fraction of sp³-hybridized carbons (Fsp3) is 0.158. The van der Waals surface area contributed by atoms with Crippen molar-refractivity contribution < 1.29 is 4.79 Å². The molecule has 0 atom stereocenters. The van der Waals surface area contributed by atoms with Crippen molar-refractivity contribution in [1.29, 1.82) is 0 Å². The van der Waals surface area contributed by atoms with Crippen LogP contribution >= 0.6 is 11.6 Å². The Morgan fingerprint density at radius 3 is 2.88 bits per heavy atom. The second-order valence-corrected chi connectivity index (χ2v) is 6.06. The molecular formula is C19H18ClN3O. The first-order valence-electron chi connectivity index (χ1n) is 7.76. The minimum absolute atomic E-state index is 0.121. The van der Waals surface area contributed by atoms with Crippen LogP contribution in [0.4, 0.5) is 0 Å². The van der Waals surface area contributed by atoms with Crippen LogP contribution < -0.4 is 5.32 Å². The van der Waals surface area contributed by atoms with Gasteiger partial charge >= 0.3 is 0 Å². The predicted molar refractivity (Wildman–Crippen MR) is 97.1 cm³/mol. The van der Waals surface area contributed by atoms with Crippen LogP contribution in [0, 0.1) is 6.92 Å². The first kappa shape index (κ1) is 16.3.